The zero-order chi connectivity index (χ0) is 19.5. The number of aliphatic hydroxyl groups excluding tert-OH is 2. The van der Waals surface area contributed by atoms with E-state index in [1.54, 1.807) is 0 Å². The third-order valence-corrected chi connectivity index (χ3v) is 4.32. The summed E-state index contributed by atoms with van der Waals surface area (Å²) in [5.41, 5.74) is 2.64. The molecular weight excluding hydrogens is 395 g/mol. The predicted octanol–water partition coefficient (Wildman–Crippen LogP) is -3.48. The Labute approximate surface area is 183 Å². The van der Waals surface area contributed by atoms with Crippen molar-refractivity contribution in [1.82, 2.24) is 0 Å². The van der Waals surface area contributed by atoms with Gasteiger partial charge >= 0.3 is 0 Å². The molecule has 0 spiro atoms. The van der Waals surface area contributed by atoms with Crippen LogP contribution in [0.2, 0.25) is 0 Å². The van der Waals surface area contributed by atoms with Crippen LogP contribution in [0.4, 0.5) is 0 Å². The molecular formula is C22H36Cl2N2O2. The Hall–Kier alpha value is -1.14. The van der Waals surface area contributed by atoms with Crippen LogP contribution in [0.25, 0.3) is 0 Å². The Bertz CT molecular complexity index is 553. The largest absolute Gasteiger partial charge is 1.00 e. The second-order valence-electron chi connectivity index (χ2n) is 8.05. The zero-order valence-corrected chi connectivity index (χ0v) is 19.1. The predicted molar refractivity (Wildman–Crippen MR) is 108 cm³/mol. The summed E-state index contributed by atoms with van der Waals surface area (Å²) in [6, 6.07) is 20.7. The van der Waals surface area contributed by atoms with Gasteiger partial charge in [0, 0.05) is 11.1 Å². The number of nitrogens with zero attached hydrogens (tertiary/aromatic N) is 2. The molecule has 0 aliphatic rings. The summed E-state index contributed by atoms with van der Waals surface area (Å²) in [6.45, 7) is 4.05. The Morgan fingerprint density at radius 1 is 0.571 bits per heavy atom. The smallest absolute Gasteiger partial charge is 0.104 e. The van der Waals surface area contributed by atoms with Gasteiger partial charge in [0.1, 0.15) is 26.2 Å². The third-order valence-electron chi connectivity index (χ3n) is 4.32. The quantitative estimate of drug-likeness (QED) is 0.427. The molecule has 0 radical (unpaired) electrons. The first-order valence-corrected chi connectivity index (χ1v) is 9.21. The zero-order valence-electron chi connectivity index (χ0n) is 17.6. The lowest BCUT2D eigenvalue weighted by Crippen LogP contribution is -3.00. The van der Waals surface area contributed by atoms with Crippen LogP contribution in [0.3, 0.4) is 0 Å². The molecule has 0 saturated carbocycles. The number of likely N-dealkylation sites (N-methyl/N-ethyl adjacent to an activating group) is 2. The van der Waals surface area contributed by atoms with Crippen LogP contribution in [-0.2, 0) is 13.1 Å². The fraction of sp³-hybridized carbons (Fsp3) is 0.455. The molecule has 0 aliphatic heterocycles. The van der Waals surface area contributed by atoms with Gasteiger partial charge in [-0.25, -0.2) is 0 Å². The number of benzene rings is 2. The van der Waals surface area contributed by atoms with Gasteiger partial charge < -0.3 is 44.0 Å². The van der Waals surface area contributed by atoms with Gasteiger partial charge in [-0.1, -0.05) is 60.7 Å². The number of rotatable bonds is 8. The van der Waals surface area contributed by atoms with Gasteiger partial charge in [-0.05, 0) is 0 Å². The summed E-state index contributed by atoms with van der Waals surface area (Å²) in [5.74, 6) is 0. The highest BCUT2D eigenvalue weighted by Gasteiger charge is 2.14. The Balaban J connectivity index is 0. The molecule has 0 bridgehead atoms. The maximum absolute atomic E-state index is 8.86. The highest BCUT2D eigenvalue weighted by molar-refractivity contribution is 5.14. The van der Waals surface area contributed by atoms with Gasteiger partial charge in [-0.15, -0.1) is 0 Å². The van der Waals surface area contributed by atoms with Crippen molar-refractivity contribution in [2.45, 2.75) is 13.1 Å². The third kappa shape index (κ3) is 13.1. The molecule has 6 heteroatoms. The Morgan fingerprint density at radius 3 is 1.11 bits per heavy atom. The SMILES string of the molecule is C[N+](C)(CCO)Cc1ccccc1.C[N+](C)(CCO)Cc1ccccc1.[Cl-].[Cl-]. The molecule has 2 N–H and O–H groups in total. The van der Waals surface area contributed by atoms with E-state index in [9.17, 15) is 0 Å². The van der Waals surface area contributed by atoms with Crippen LogP contribution in [-0.4, -0.2) is 73.7 Å². The highest BCUT2D eigenvalue weighted by atomic mass is 35.5. The fourth-order valence-corrected chi connectivity index (χ4v) is 2.85. The van der Waals surface area contributed by atoms with E-state index in [2.05, 4.69) is 52.5 Å². The second kappa shape index (κ2) is 14.8. The number of hydrogen-bond acceptors (Lipinski definition) is 2. The highest BCUT2D eigenvalue weighted by Crippen LogP contribution is 2.08. The first kappa shape index (κ1) is 29.1. The van der Waals surface area contributed by atoms with Gasteiger partial charge in [0.05, 0.1) is 41.4 Å². The van der Waals surface area contributed by atoms with Gasteiger partial charge in [0.25, 0.3) is 0 Å². The molecule has 2 aromatic carbocycles. The van der Waals surface area contributed by atoms with E-state index in [0.29, 0.717) is 0 Å². The lowest BCUT2D eigenvalue weighted by Gasteiger charge is -2.28. The van der Waals surface area contributed by atoms with Gasteiger partial charge in [0.15, 0.2) is 0 Å². The molecule has 0 aliphatic carbocycles. The van der Waals surface area contributed by atoms with E-state index in [-0.39, 0.29) is 38.0 Å². The summed E-state index contributed by atoms with van der Waals surface area (Å²) in [7, 11) is 8.51. The maximum atomic E-state index is 8.86. The van der Waals surface area contributed by atoms with E-state index in [1.807, 2.05) is 36.4 Å². The van der Waals surface area contributed by atoms with Crippen molar-refractivity contribution in [2.75, 3.05) is 54.5 Å². The first-order valence-electron chi connectivity index (χ1n) is 9.21. The van der Waals surface area contributed by atoms with Crippen LogP contribution in [0, 0.1) is 0 Å². The monoisotopic (exact) mass is 430 g/mol. The van der Waals surface area contributed by atoms with E-state index >= 15 is 0 Å². The number of halogens is 2. The first-order chi connectivity index (χ1) is 12.3. The summed E-state index contributed by atoms with van der Waals surface area (Å²) in [6.07, 6.45) is 0. The van der Waals surface area contributed by atoms with Crippen molar-refractivity contribution >= 4 is 0 Å². The minimum absolute atomic E-state index is 0. The van der Waals surface area contributed by atoms with Gasteiger partial charge in [0.2, 0.25) is 0 Å². The molecule has 2 rings (SSSR count). The van der Waals surface area contributed by atoms with Crippen molar-refractivity contribution in [2.24, 2.45) is 0 Å². The van der Waals surface area contributed by atoms with Crippen molar-refractivity contribution < 1.29 is 44.0 Å². The Morgan fingerprint density at radius 2 is 0.857 bits per heavy atom. The normalized spacial score (nSPS) is 10.8. The summed E-state index contributed by atoms with van der Waals surface area (Å²) >= 11 is 0. The molecule has 4 nitrogen and oxygen atoms in total. The molecule has 0 saturated heterocycles. The molecule has 0 atom stereocenters. The van der Waals surface area contributed by atoms with Crippen LogP contribution in [0.15, 0.2) is 60.7 Å². The lowest BCUT2D eigenvalue weighted by molar-refractivity contribution is -0.903. The molecule has 0 unspecified atom stereocenters. The minimum Gasteiger partial charge on any atom is -1.00 e. The van der Waals surface area contributed by atoms with E-state index in [1.165, 1.54) is 11.1 Å². The van der Waals surface area contributed by atoms with Crippen molar-refractivity contribution in [1.29, 1.82) is 0 Å². The minimum atomic E-state index is 0. The second-order valence-corrected chi connectivity index (χ2v) is 8.05. The van der Waals surface area contributed by atoms with Crippen molar-refractivity contribution in [3.05, 3.63) is 71.8 Å². The molecule has 0 heterocycles. The topological polar surface area (TPSA) is 40.5 Å². The molecule has 0 amide bonds. The Kier molecular flexibility index (Phi) is 15.4. The summed E-state index contributed by atoms with van der Waals surface area (Å²) < 4.78 is 1.67. The van der Waals surface area contributed by atoms with Gasteiger partial charge in [-0.3, -0.25) is 0 Å². The standard InChI is InChI=1S/2C11H18NO.2ClH/c2*1-12(2,8-9-13)10-11-6-4-3-5-7-11;;/h2*3-7,13H,8-10H2,1-2H3;2*1H/q2*+1;;/p-2. The van der Waals surface area contributed by atoms with Gasteiger partial charge in [-0.2, -0.15) is 0 Å². The van der Waals surface area contributed by atoms with Crippen LogP contribution in [0.1, 0.15) is 11.1 Å². The average Bonchev–Trinajstić information content (AvgIpc) is 2.56. The molecule has 160 valence electrons. The van der Waals surface area contributed by atoms with Crippen LogP contribution in [0.5, 0.6) is 0 Å². The average molecular weight is 431 g/mol. The number of quaternary nitrogens is 2. The van der Waals surface area contributed by atoms with Crippen LogP contribution >= 0.6 is 0 Å². The van der Waals surface area contributed by atoms with Crippen molar-refractivity contribution in [3.8, 4) is 0 Å². The molecule has 0 aromatic heterocycles. The van der Waals surface area contributed by atoms with E-state index < -0.39 is 0 Å². The number of hydrogen-bond donors (Lipinski definition) is 2. The summed E-state index contributed by atoms with van der Waals surface area (Å²) in [5, 5.41) is 17.7. The summed E-state index contributed by atoms with van der Waals surface area (Å²) in [4.78, 5) is 0. The van der Waals surface area contributed by atoms with Crippen LogP contribution < -0.4 is 24.8 Å². The fourth-order valence-electron chi connectivity index (χ4n) is 2.85. The lowest BCUT2D eigenvalue weighted by atomic mass is 10.2. The van der Waals surface area contributed by atoms with Crippen molar-refractivity contribution in [3.63, 3.8) is 0 Å². The van der Waals surface area contributed by atoms with E-state index in [4.69, 9.17) is 10.2 Å². The maximum Gasteiger partial charge on any atom is 0.104 e. The number of aliphatic hydroxyl groups is 2. The molecule has 2 aromatic rings. The molecule has 0 fully saturated rings. The van der Waals surface area contributed by atoms with E-state index in [0.717, 1.165) is 35.1 Å². The molecule has 28 heavy (non-hydrogen) atoms.